The molecule has 0 heterocycles. The van der Waals surface area contributed by atoms with Crippen molar-refractivity contribution in [3.63, 3.8) is 0 Å². The van der Waals surface area contributed by atoms with Gasteiger partial charge >= 0.3 is 0 Å². The molecule has 0 saturated carbocycles. The second kappa shape index (κ2) is 8.42. The molecular formula is C18H21BrFNO. The van der Waals surface area contributed by atoms with E-state index in [-0.39, 0.29) is 11.9 Å². The Kier molecular flexibility index (Phi) is 6.55. The quantitative estimate of drug-likeness (QED) is 0.747. The predicted octanol–water partition coefficient (Wildman–Crippen LogP) is 4.98. The van der Waals surface area contributed by atoms with Gasteiger partial charge in [0.25, 0.3) is 0 Å². The maximum atomic E-state index is 13.3. The molecule has 118 valence electrons. The number of hydrogen-bond acceptors (Lipinski definition) is 2. The van der Waals surface area contributed by atoms with Crippen molar-refractivity contribution >= 4 is 15.9 Å². The summed E-state index contributed by atoms with van der Waals surface area (Å²) in [6, 6.07) is 13.5. The molecule has 0 saturated heterocycles. The van der Waals surface area contributed by atoms with Crippen LogP contribution in [0.15, 0.2) is 46.9 Å². The van der Waals surface area contributed by atoms with E-state index in [1.54, 1.807) is 0 Å². The minimum absolute atomic E-state index is 0.136. The zero-order valence-corrected chi connectivity index (χ0v) is 14.5. The standard InChI is InChI=1S/C18H21BrFNO/c1-3-22-12-16-7-5-4-6-15(16)11-21-13(2)14-8-9-18(20)17(19)10-14/h4-10,13,21H,3,11-12H2,1-2H3. The highest BCUT2D eigenvalue weighted by molar-refractivity contribution is 9.10. The van der Waals surface area contributed by atoms with Crippen LogP contribution in [0.4, 0.5) is 4.39 Å². The summed E-state index contributed by atoms with van der Waals surface area (Å²) in [5.74, 6) is -0.238. The van der Waals surface area contributed by atoms with Crippen molar-refractivity contribution < 1.29 is 9.13 Å². The van der Waals surface area contributed by atoms with Gasteiger partial charge in [-0.05, 0) is 58.6 Å². The number of ether oxygens (including phenoxy) is 1. The van der Waals surface area contributed by atoms with Gasteiger partial charge in [0.05, 0.1) is 11.1 Å². The minimum atomic E-state index is -0.238. The van der Waals surface area contributed by atoms with Crippen molar-refractivity contribution in [2.45, 2.75) is 33.0 Å². The molecule has 0 aliphatic carbocycles. The number of hydrogen-bond donors (Lipinski definition) is 1. The molecule has 2 aromatic carbocycles. The number of nitrogens with one attached hydrogen (secondary N) is 1. The largest absolute Gasteiger partial charge is 0.377 e. The van der Waals surface area contributed by atoms with Crippen LogP contribution in [0, 0.1) is 5.82 Å². The lowest BCUT2D eigenvalue weighted by molar-refractivity contribution is 0.133. The van der Waals surface area contributed by atoms with Crippen molar-refractivity contribution in [3.8, 4) is 0 Å². The van der Waals surface area contributed by atoms with Gasteiger partial charge in [0.1, 0.15) is 5.82 Å². The highest BCUT2D eigenvalue weighted by Crippen LogP contribution is 2.21. The van der Waals surface area contributed by atoms with E-state index < -0.39 is 0 Å². The Hall–Kier alpha value is -1.23. The Bertz CT molecular complexity index is 618. The molecule has 1 unspecified atom stereocenters. The van der Waals surface area contributed by atoms with Crippen LogP contribution in [0.1, 0.15) is 36.6 Å². The molecule has 1 atom stereocenters. The highest BCUT2D eigenvalue weighted by Gasteiger charge is 2.09. The first kappa shape index (κ1) is 17.1. The first-order valence-electron chi connectivity index (χ1n) is 7.44. The molecule has 0 spiro atoms. The summed E-state index contributed by atoms with van der Waals surface area (Å²) in [4.78, 5) is 0. The molecule has 2 aromatic rings. The maximum absolute atomic E-state index is 13.3. The average Bonchev–Trinajstić information content (AvgIpc) is 2.54. The van der Waals surface area contributed by atoms with Gasteiger partial charge < -0.3 is 10.1 Å². The smallest absolute Gasteiger partial charge is 0.137 e. The lowest BCUT2D eigenvalue weighted by atomic mass is 10.1. The Labute approximate surface area is 139 Å². The van der Waals surface area contributed by atoms with Gasteiger partial charge in [0, 0.05) is 19.2 Å². The Morgan fingerprint density at radius 2 is 1.91 bits per heavy atom. The van der Waals surface area contributed by atoms with Gasteiger partial charge in [-0.15, -0.1) is 0 Å². The van der Waals surface area contributed by atoms with E-state index in [0.717, 1.165) is 12.1 Å². The van der Waals surface area contributed by atoms with Crippen LogP contribution < -0.4 is 5.32 Å². The van der Waals surface area contributed by atoms with Gasteiger partial charge in [0.2, 0.25) is 0 Å². The van der Waals surface area contributed by atoms with Crippen LogP contribution in [-0.4, -0.2) is 6.61 Å². The molecule has 2 nitrogen and oxygen atoms in total. The molecule has 2 rings (SSSR count). The Balaban J connectivity index is 2.01. The molecule has 1 N–H and O–H groups in total. The second-order valence-corrected chi connectivity index (χ2v) is 6.04. The van der Waals surface area contributed by atoms with E-state index in [9.17, 15) is 4.39 Å². The average molecular weight is 366 g/mol. The van der Waals surface area contributed by atoms with Gasteiger partial charge in [-0.2, -0.15) is 0 Å². The van der Waals surface area contributed by atoms with Gasteiger partial charge in [0.15, 0.2) is 0 Å². The van der Waals surface area contributed by atoms with Crippen molar-refractivity contribution in [1.29, 1.82) is 0 Å². The van der Waals surface area contributed by atoms with Crippen molar-refractivity contribution in [2.24, 2.45) is 0 Å². The molecular weight excluding hydrogens is 345 g/mol. The zero-order valence-electron chi connectivity index (χ0n) is 12.9. The second-order valence-electron chi connectivity index (χ2n) is 5.18. The summed E-state index contributed by atoms with van der Waals surface area (Å²) in [5, 5.41) is 3.48. The van der Waals surface area contributed by atoms with Crippen LogP contribution in [-0.2, 0) is 17.9 Å². The van der Waals surface area contributed by atoms with Gasteiger partial charge in [-0.1, -0.05) is 30.3 Å². The molecule has 0 fully saturated rings. The molecule has 0 bridgehead atoms. The van der Waals surface area contributed by atoms with E-state index in [0.29, 0.717) is 17.7 Å². The molecule has 0 amide bonds. The molecule has 0 aromatic heterocycles. The summed E-state index contributed by atoms with van der Waals surface area (Å²) in [5.41, 5.74) is 3.48. The van der Waals surface area contributed by atoms with Crippen LogP contribution >= 0.6 is 15.9 Å². The monoisotopic (exact) mass is 365 g/mol. The van der Waals surface area contributed by atoms with E-state index in [1.165, 1.54) is 17.2 Å². The third-order valence-corrected chi connectivity index (χ3v) is 4.23. The maximum Gasteiger partial charge on any atom is 0.137 e. The first-order valence-corrected chi connectivity index (χ1v) is 8.24. The van der Waals surface area contributed by atoms with Crippen molar-refractivity contribution in [1.82, 2.24) is 5.32 Å². The van der Waals surface area contributed by atoms with Crippen LogP contribution in [0.5, 0.6) is 0 Å². The number of benzene rings is 2. The van der Waals surface area contributed by atoms with Gasteiger partial charge in [-0.25, -0.2) is 4.39 Å². The fourth-order valence-electron chi connectivity index (χ4n) is 2.25. The minimum Gasteiger partial charge on any atom is -0.377 e. The SMILES string of the molecule is CCOCc1ccccc1CNC(C)c1ccc(F)c(Br)c1. The fraction of sp³-hybridized carbons (Fsp3) is 0.333. The van der Waals surface area contributed by atoms with E-state index in [1.807, 2.05) is 31.2 Å². The third-order valence-electron chi connectivity index (χ3n) is 3.62. The third kappa shape index (κ3) is 4.63. The summed E-state index contributed by atoms with van der Waals surface area (Å²) in [7, 11) is 0. The molecule has 4 heteroatoms. The Morgan fingerprint density at radius 1 is 1.18 bits per heavy atom. The lowest BCUT2D eigenvalue weighted by Crippen LogP contribution is -2.19. The normalized spacial score (nSPS) is 12.4. The van der Waals surface area contributed by atoms with Crippen molar-refractivity contribution in [3.05, 3.63) is 69.4 Å². The topological polar surface area (TPSA) is 21.3 Å². The van der Waals surface area contributed by atoms with Crippen LogP contribution in [0.3, 0.4) is 0 Å². The van der Waals surface area contributed by atoms with Crippen molar-refractivity contribution in [2.75, 3.05) is 6.61 Å². The summed E-state index contributed by atoms with van der Waals surface area (Å²) in [6.45, 7) is 6.16. The molecule has 22 heavy (non-hydrogen) atoms. The van der Waals surface area contributed by atoms with Gasteiger partial charge in [-0.3, -0.25) is 0 Å². The summed E-state index contributed by atoms with van der Waals surface area (Å²) < 4.78 is 19.3. The molecule has 0 aliphatic rings. The van der Waals surface area contributed by atoms with Crippen LogP contribution in [0.2, 0.25) is 0 Å². The molecule has 0 aliphatic heterocycles. The summed E-state index contributed by atoms with van der Waals surface area (Å²) in [6.07, 6.45) is 0. The number of halogens is 2. The van der Waals surface area contributed by atoms with Crippen LogP contribution in [0.25, 0.3) is 0 Å². The van der Waals surface area contributed by atoms with E-state index >= 15 is 0 Å². The van der Waals surface area contributed by atoms with E-state index in [4.69, 9.17) is 4.74 Å². The van der Waals surface area contributed by atoms with E-state index in [2.05, 4.69) is 40.3 Å². The molecule has 0 radical (unpaired) electrons. The lowest BCUT2D eigenvalue weighted by Gasteiger charge is -2.17. The fourth-order valence-corrected chi connectivity index (χ4v) is 2.64. The highest BCUT2D eigenvalue weighted by atomic mass is 79.9. The predicted molar refractivity (Wildman–Crippen MR) is 91.1 cm³/mol. The first-order chi connectivity index (χ1) is 10.6. The number of rotatable bonds is 7. The zero-order chi connectivity index (χ0) is 15.9. The Morgan fingerprint density at radius 3 is 2.59 bits per heavy atom. The summed E-state index contributed by atoms with van der Waals surface area (Å²) >= 11 is 3.23.